The summed E-state index contributed by atoms with van der Waals surface area (Å²) in [7, 11) is 3.40. The van der Waals surface area contributed by atoms with Gasteiger partial charge < -0.3 is 18.9 Å². The Morgan fingerprint density at radius 2 is 1.59 bits per heavy atom. The molecular formula is C18H22N2O2. The summed E-state index contributed by atoms with van der Waals surface area (Å²) in [6.45, 7) is 4.16. The molecule has 0 aliphatic heterocycles. The lowest BCUT2D eigenvalue weighted by Crippen LogP contribution is -2.27. The Hall–Kier alpha value is -2.04. The van der Waals surface area contributed by atoms with Gasteiger partial charge in [0.05, 0.1) is 0 Å². The molecule has 116 valence electrons. The van der Waals surface area contributed by atoms with Crippen molar-refractivity contribution < 1.29 is 9.47 Å². The van der Waals surface area contributed by atoms with E-state index < -0.39 is 0 Å². The van der Waals surface area contributed by atoms with Crippen molar-refractivity contribution in [3.05, 3.63) is 42.5 Å². The van der Waals surface area contributed by atoms with Crippen LogP contribution in [0.4, 0.5) is 5.69 Å². The molecular weight excluding hydrogens is 276 g/mol. The molecule has 0 bridgehead atoms. The van der Waals surface area contributed by atoms with Crippen molar-refractivity contribution in [1.82, 2.24) is 4.57 Å². The highest BCUT2D eigenvalue weighted by molar-refractivity contribution is 6.09. The molecule has 0 atom stereocenters. The monoisotopic (exact) mass is 298 g/mol. The molecule has 4 heteroatoms. The van der Waals surface area contributed by atoms with Gasteiger partial charge in [-0.2, -0.15) is 0 Å². The van der Waals surface area contributed by atoms with E-state index in [4.69, 9.17) is 9.47 Å². The molecule has 0 spiro atoms. The van der Waals surface area contributed by atoms with Crippen LogP contribution in [0.1, 0.15) is 6.92 Å². The number of aryl methyl sites for hydroxylation is 1. The molecule has 22 heavy (non-hydrogen) atoms. The normalized spacial score (nSPS) is 11.4. The zero-order chi connectivity index (χ0) is 15.5. The molecule has 1 aromatic heterocycles. The van der Waals surface area contributed by atoms with Crippen LogP contribution in [-0.2, 0) is 16.0 Å². The number of methoxy groups -OCH3 is 2. The maximum atomic E-state index is 5.28. The van der Waals surface area contributed by atoms with Crippen LogP contribution in [0.3, 0.4) is 0 Å². The summed E-state index contributed by atoms with van der Waals surface area (Å²) in [5.41, 5.74) is 3.65. The molecule has 2 aromatic carbocycles. The third-order valence-electron chi connectivity index (χ3n) is 4.01. The maximum absolute atomic E-state index is 5.28. The van der Waals surface area contributed by atoms with Gasteiger partial charge in [0, 0.05) is 48.3 Å². The number of para-hydroxylation sites is 1. The van der Waals surface area contributed by atoms with E-state index in [0.29, 0.717) is 13.5 Å². The molecule has 0 N–H and O–H groups in total. The van der Waals surface area contributed by atoms with Crippen LogP contribution in [0, 0.1) is 0 Å². The molecule has 3 aromatic rings. The number of fused-ring (bicyclic) bond motifs is 3. The first kappa shape index (κ1) is 14.9. The van der Waals surface area contributed by atoms with E-state index in [2.05, 4.69) is 58.9 Å². The topological polar surface area (TPSA) is 26.6 Å². The molecule has 0 aliphatic carbocycles. The second kappa shape index (κ2) is 6.38. The molecule has 0 radical (unpaired) electrons. The minimum absolute atomic E-state index is 0.506. The van der Waals surface area contributed by atoms with Gasteiger partial charge in [0.15, 0.2) is 0 Å². The van der Waals surface area contributed by atoms with Crippen LogP contribution < -0.4 is 4.90 Å². The van der Waals surface area contributed by atoms with Crippen molar-refractivity contribution >= 4 is 27.5 Å². The van der Waals surface area contributed by atoms with E-state index in [9.17, 15) is 0 Å². The zero-order valence-corrected chi connectivity index (χ0v) is 13.4. The van der Waals surface area contributed by atoms with Crippen LogP contribution in [0.2, 0.25) is 0 Å². The molecule has 1 heterocycles. The van der Waals surface area contributed by atoms with Gasteiger partial charge in [0.2, 0.25) is 0 Å². The molecule has 0 unspecified atom stereocenters. The number of rotatable bonds is 6. The maximum Gasteiger partial charge on any atom is 0.120 e. The second-order valence-electron chi connectivity index (χ2n) is 5.34. The van der Waals surface area contributed by atoms with E-state index in [1.54, 1.807) is 14.2 Å². The van der Waals surface area contributed by atoms with Gasteiger partial charge in [-0.1, -0.05) is 18.2 Å². The third-order valence-corrected chi connectivity index (χ3v) is 4.01. The SMILES string of the molecule is CCn1c2ccccc2c2cc(N(COC)COC)ccc21. The van der Waals surface area contributed by atoms with Crippen molar-refractivity contribution in [2.75, 3.05) is 32.6 Å². The number of hydrogen-bond acceptors (Lipinski definition) is 3. The lowest BCUT2D eigenvalue weighted by Gasteiger charge is -2.22. The Bertz CT molecular complexity index is 773. The minimum atomic E-state index is 0.506. The second-order valence-corrected chi connectivity index (χ2v) is 5.34. The summed E-state index contributed by atoms with van der Waals surface area (Å²) in [5.74, 6) is 0. The molecule has 0 aliphatic rings. The summed E-state index contributed by atoms with van der Waals surface area (Å²) in [6.07, 6.45) is 0. The van der Waals surface area contributed by atoms with Crippen LogP contribution in [0.5, 0.6) is 0 Å². The first-order chi connectivity index (χ1) is 10.8. The fourth-order valence-corrected chi connectivity index (χ4v) is 3.08. The Balaban J connectivity index is 2.18. The lowest BCUT2D eigenvalue weighted by molar-refractivity contribution is 0.140. The molecule has 0 saturated heterocycles. The highest BCUT2D eigenvalue weighted by atomic mass is 16.5. The van der Waals surface area contributed by atoms with Gasteiger partial charge in [0.1, 0.15) is 13.5 Å². The number of benzene rings is 2. The Morgan fingerprint density at radius 3 is 2.27 bits per heavy atom. The van der Waals surface area contributed by atoms with Crippen LogP contribution in [-0.4, -0.2) is 32.2 Å². The summed E-state index contributed by atoms with van der Waals surface area (Å²) in [4.78, 5) is 2.07. The molecule has 4 nitrogen and oxygen atoms in total. The van der Waals surface area contributed by atoms with Gasteiger partial charge in [-0.3, -0.25) is 0 Å². The summed E-state index contributed by atoms with van der Waals surface area (Å²) >= 11 is 0. The van der Waals surface area contributed by atoms with Crippen LogP contribution in [0.15, 0.2) is 42.5 Å². The smallest absolute Gasteiger partial charge is 0.120 e. The average molecular weight is 298 g/mol. The van der Waals surface area contributed by atoms with Crippen molar-refractivity contribution in [1.29, 1.82) is 0 Å². The third kappa shape index (κ3) is 2.45. The summed E-state index contributed by atoms with van der Waals surface area (Å²) in [6, 6.07) is 15.1. The van der Waals surface area contributed by atoms with Crippen molar-refractivity contribution in [3.63, 3.8) is 0 Å². The van der Waals surface area contributed by atoms with Crippen LogP contribution in [0.25, 0.3) is 21.8 Å². The zero-order valence-electron chi connectivity index (χ0n) is 13.4. The first-order valence-electron chi connectivity index (χ1n) is 7.54. The number of hydrogen-bond donors (Lipinski definition) is 0. The van der Waals surface area contributed by atoms with Crippen molar-refractivity contribution in [2.45, 2.75) is 13.5 Å². The average Bonchev–Trinajstić information content (AvgIpc) is 2.87. The Labute approximate surface area is 130 Å². The number of aromatic nitrogens is 1. The van der Waals surface area contributed by atoms with E-state index >= 15 is 0 Å². The molecule has 0 saturated carbocycles. The highest BCUT2D eigenvalue weighted by Crippen LogP contribution is 2.32. The Kier molecular flexibility index (Phi) is 4.32. The van der Waals surface area contributed by atoms with Gasteiger partial charge in [-0.15, -0.1) is 0 Å². The van der Waals surface area contributed by atoms with E-state index in [1.807, 2.05) is 0 Å². The fraction of sp³-hybridized carbons (Fsp3) is 0.333. The molecule has 3 rings (SSSR count). The van der Waals surface area contributed by atoms with Crippen molar-refractivity contribution in [2.24, 2.45) is 0 Å². The van der Waals surface area contributed by atoms with Crippen molar-refractivity contribution in [3.8, 4) is 0 Å². The van der Waals surface area contributed by atoms with Gasteiger partial charge >= 0.3 is 0 Å². The van der Waals surface area contributed by atoms with E-state index in [0.717, 1.165) is 12.2 Å². The molecule has 0 fully saturated rings. The summed E-state index contributed by atoms with van der Waals surface area (Å²) in [5, 5.41) is 2.56. The fourth-order valence-electron chi connectivity index (χ4n) is 3.08. The predicted molar refractivity (Wildman–Crippen MR) is 91.3 cm³/mol. The standard InChI is InChI=1S/C18H22N2O2/c1-4-20-17-8-6-5-7-15(17)16-11-14(9-10-18(16)20)19(12-21-2)13-22-3/h5-11H,4,12-13H2,1-3H3. The highest BCUT2D eigenvalue weighted by Gasteiger charge is 2.12. The van der Waals surface area contributed by atoms with Gasteiger partial charge in [-0.25, -0.2) is 0 Å². The predicted octanol–water partition coefficient (Wildman–Crippen LogP) is 3.83. The van der Waals surface area contributed by atoms with Gasteiger partial charge in [-0.05, 0) is 31.2 Å². The quantitative estimate of drug-likeness (QED) is 0.647. The summed E-state index contributed by atoms with van der Waals surface area (Å²) < 4.78 is 12.9. The number of ether oxygens (including phenoxy) is 2. The number of anilines is 1. The van der Waals surface area contributed by atoms with Gasteiger partial charge in [0.25, 0.3) is 0 Å². The first-order valence-corrected chi connectivity index (χ1v) is 7.54. The minimum Gasteiger partial charge on any atom is -0.364 e. The van der Waals surface area contributed by atoms with Crippen LogP contribution >= 0.6 is 0 Å². The van der Waals surface area contributed by atoms with E-state index in [-0.39, 0.29) is 0 Å². The number of nitrogens with zero attached hydrogens (tertiary/aromatic N) is 2. The van der Waals surface area contributed by atoms with E-state index in [1.165, 1.54) is 21.8 Å². The largest absolute Gasteiger partial charge is 0.364 e. The Morgan fingerprint density at radius 1 is 0.909 bits per heavy atom. The lowest BCUT2D eigenvalue weighted by atomic mass is 10.1. The molecule has 0 amide bonds.